The minimum atomic E-state index is -0.560. The second-order valence-electron chi connectivity index (χ2n) is 4.73. The van der Waals surface area contributed by atoms with Crippen molar-refractivity contribution in [2.45, 2.75) is 38.7 Å². The highest BCUT2D eigenvalue weighted by Crippen LogP contribution is 2.28. The lowest BCUT2D eigenvalue weighted by molar-refractivity contribution is -0.119. The average molecular weight is 233 g/mol. The molecule has 3 heteroatoms. The van der Waals surface area contributed by atoms with Gasteiger partial charge in [0.15, 0.2) is 0 Å². The van der Waals surface area contributed by atoms with Crippen LogP contribution in [0, 0.1) is 5.92 Å². The van der Waals surface area contributed by atoms with Crippen LogP contribution in [0.25, 0.3) is 0 Å². The van der Waals surface area contributed by atoms with E-state index in [1.807, 2.05) is 24.3 Å². The van der Waals surface area contributed by atoms with Gasteiger partial charge in [-0.15, -0.1) is 0 Å². The number of hydrogen-bond donors (Lipinski definition) is 2. The minimum absolute atomic E-state index is 0.0931. The molecule has 1 aliphatic carbocycles. The van der Waals surface area contributed by atoms with Crippen LogP contribution in [0.3, 0.4) is 0 Å². The topological polar surface area (TPSA) is 49.3 Å². The first kappa shape index (κ1) is 12.1. The van der Waals surface area contributed by atoms with E-state index in [9.17, 15) is 9.90 Å². The molecule has 0 spiro atoms. The zero-order chi connectivity index (χ0) is 12.3. The summed E-state index contributed by atoms with van der Waals surface area (Å²) in [6.07, 6.45) is 3.72. The van der Waals surface area contributed by atoms with Crippen LogP contribution in [-0.2, 0) is 4.79 Å². The minimum Gasteiger partial charge on any atom is -0.389 e. The maximum Gasteiger partial charge on any atom is 0.227 e. The van der Waals surface area contributed by atoms with Gasteiger partial charge in [0.25, 0.3) is 0 Å². The molecule has 1 fully saturated rings. The van der Waals surface area contributed by atoms with Crippen molar-refractivity contribution in [3.63, 3.8) is 0 Å². The summed E-state index contributed by atoms with van der Waals surface area (Å²) in [5, 5.41) is 12.6. The molecule has 0 heterocycles. The molecule has 1 aliphatic rings. The monoisotopic (exact) mass is 233 g/mol. The third kappa shape index (κ3) is 2.86. The molecule has 1 saturated carbocycles. The highest BCUT2D eigenvalue weighted by atomic mass is 16.3. The van der Waals surface area contributed by atoms with Gasteiger partial charge < -0.3 is 10.4 Å². The van der Waals surface area contributed by atoms with Crippen LogP contribution in [0.1, 0.15) is 44.3 Å². The van der Waals surface area contributed by atoms with Crippen LogP contribution in [-0.4, -0.2) is 11.0 Å². The van der Waals surface area contributed by atoms with Crippen molar-refractivity contribution >= 4 is 11.6 Å². The van der Waals surface area contributed by atoms with Crippen LogP contribution < -0.4 is 5.32 Å². The smallest absolute Gasteiger partial charge is 0.227 e. The molecule has 1 aromatic rings. The van der Waals surface area contributed by atoms with E-state index in [4.69, 9.17) is 0 Å². The first-order valence-electron chi connectivity index (χ1n) is 6.26. The second-order valence-corrected chi connectivity index (χ2v) is 4.73. The molecule has 92 valence electrons. The van der Waals surface area contributed by atoms with Gasteiger partial charge in [-0.2, -0.15) is 0 Å². The van der Waals surface area contributed by atoms with E-state index < -0.39 is 6.10 Å². The lowest BCUT2D eigenvalue weighted by Crippen LogP contribution is -2.21. The van der Waals surface area contributed by atoms with Crippen molar-refractivity contribution in [3.8, 4) is 0 Å². The quantitative estimate of drug-likeness (QED) is 0.843. The Kier molecular flexibility index (Phi) is 3.79. The number of rotatable bonds is 3. The molecule has 0 saturated heterocycles. The average Bonchev–Trinajstić information content (AvgIpc) is 2.83. The molecule has 0 radical (unpaired) electrons. The van der Waals surface area contributed by atoms with Gasteiger partial charge in [-0.3, -0.25) is 4.79 Å². The summed E-state index contributed by atoms with van der Waals surface area (Å²) in [6, 6.07) is 7.42. The maximum atomic E-state index is 12.0. The second kappa shape index (κ2) is 5.32. The molecule has 1 aromatic carbocycles. The summed E-state index contributed by atoms with van der Waals surface area (Å²) in [5.74, 6) is 0.243. The highest BCUT2D eigenvalue weighted by molar-refractivity contribution is 5.93. The predicted octanol–water partition coefficient (Wildman–Crippen LogP) is 2.87. The lowest BCUT2D eigenvalue weighted by Gasteiger charge is -2.15. The lowest BCUT2D eigenvalue weighted by atomic mass is 10.1. The van der Waals surface area contributed by atoms with E-state index >= 15 is 0 Å². The van der Waals surface area contributed by atoms with Crippen molar-refractivity contribution in [2.75, 3.05) is 5.32 Å². The van der Waals surface area contributed by atoms with Crippen molar-refractivity contribution in [3.05, 3.63) is 29.8 Å². The Labute approximate surface area is 102 Å². The number of aliphatic hydroxyl groups excluding tert-OH is 1. The van der Waals surface area contributed by atoms with Gasteiger partial charge >= 0.3 is 0 Å². The molecule has 17 heavy (non-hydrogen) atoms. The molecule has 0 aromatic heterocycles. The molecule has 2 rings (SSSR count). The summed E-state index contributed by atoms with van der Waals surface area (Å²) < 4.78 is 0. The summed E-state index contributed by atoms with van der Waals surface area (Å²) in [6.45, 7) is 1.71. The Bertz CT molecular complexity index is 395. The van der Waals surface area contributed by atoms with E-state index in [0.29, 0.717) is 0 Å². The van der Waals surface area contributed by atoms with E-state index in [-0.39, 0.29) is 11.8 Å². The van der Waals surface area contributed by atoms with Crippen molar-refractivity contribution in [1.29, 1.82) is 0 Å². The Morgan fingerprint density at radius 3 is 2.65 bits per heavy atom. The van der Waals surface area contributed by atoms with Gasteiger partial charge in [0.05, 0.1) is 6.10 Å². The van der Waals surface area contributed by atoms with Crippen LogP contribution in [0.4, 0.5) is 5.69 Å². The molecule has 2 N–H and O–H groups in total. The Morgan fingerprint density at radius 2 is 2.00 bits per heavy atom. The van der Waals surface area contributed by atoms with Crippen molar-refractivity contribution < 1.29 is 9.90 Å². The number of carbonyl (C=O) groups excluding carboxylic acids is 1. The number of nitrogens with one attached hydrogen (secondary N) is 1. The molecule has 3 nitrogen and oxygen atoms in total. The Morgan fingerprint density at radius 1 is 1.35 bits per heavy atom. The summed E-state index contributed by atoms with van der Waals surface area (Å²) in [7, 11) is 0. The Hall–Kier alpha value is -1.35. The van der Waals surface area contributed by atoms with Crippen molar-refractivity contribution in [2.24, 2.45) is 5.92 Å². The number of benzene rings is 1. The van der Waals surface area contributed by atoms with Crippen LogP contribution in [0.15, 0.2) is 24.3 Å². The van der Waals surface area contributed by atoms with Gasteiger partial charge in [-0.1, -0.05) is 31.0 Å². The fourth-order valence-corrected chi connectivity index (χ4v) is 2.40. The zero-order valence-corrected chi connectivity index (χ0v) is 10.1. The SMILES string of the molecule is CC(O)c1ccccc1NC(=O)C1CCCC1. The molecule has 1 amide bonds. The number of hydrogen-bond acceptors (Lipinski definition) is 2. The van der Waals surface area contributed by atoms with E-state index in [1.165, 1.54) is 0 Å². The normalized spacial score (nSPS) is 18.0. The van der Waals surface area contributed by atoms with Crippen molar-refractivity contribution in [1.82, 2.24) is 0 Å². The number of aliphatic hydroxyl groups is 1. The van der Waals surface area contributed by atoms with Crippen LogP contribution >= 0.6 is 0 Å². The Balaban J connectivity index is 2.09. The number of amides is 1. The molecular formula is C14H19NO2. The van der Waals surface area contributed by atoms with Crippen LogP contribution in [0.5, 0.6) is 0 Å². The summed E-state index contributed by atoms with van der Waals surface area (Å²) in [5.41, 5.74) is 1.51. The summed E-state index contributed by atoms with van der Waals surface area (Å²) in [4.78, 5) is 12.0. The van der Waals surface area contributed by atoms with Gasteiger partial charge in [0.1, 0.15) is 0 Å². The zero-order valence-electron chi connectivity index (χ0n) is 10.1. The van der Waals surface area contributed by atoms with E-state index in [2.05, 4.69) is 5.32 Å². The number of carbonyl (C=O) groups is 1. The number of para-hydroxylation sites is 1. The summed E-state index contributed by atoms with van der Waals surface area (Å²) >= 11 is 0. The largest absolute Gasteiger partial charge is 0.389 e. The predicted molar refractivity (Wildman–Crippen MR) is 67.7 cm³/mol. The standard InChI is InChI=1S/C14H19NO2/c1-10(16)12-8-4-5-9-13(12)15-14(17)11-6-2-3-7-11/h4-5,8-11,16H,2-3,6-7H2,1H3,(H,15,17). The fraction of sp³-hybridized carbons (Fsp3) is 0.500. The number of anilines is 1. The third-order valence-corrected chi connectivity index (χ3v) is 3.39. The van der Waals surface area contributed by atoms with Crippen LogP contribution in [0.2, 0.25) is 0 Å². The molecule has 1 atom stereocenters. The van der Waals surface area contributed by atoms with Gasteiger partial charge in [-0.25, -0.2) is 0 Å². The van der Waals surface area contributed by atoms with Gasteiger partial charge in [0.2, 0.25) is 5.91 Å². The maximum absolute atomic E-state index is 12.0. The fourth-order valence-electron chi connectivity index (χ4n) is 2.40. The van der Waals surface area contributed by atoms with Gasteiger partial charge in [0, 0.05) is 17.2 Å². The molecule has 0 aliphatic heterocycles. The third-order valence-electron chi connectivity index (χ3n) is 3.39. The van der Waals surface area contributed by atoms with E-state index in [0.717, 1.165) is 36.9 Å². The highest BCUT2D eigenvalue weighted by Gasteiger charge is 2.23. The van der Waals surface area contributed by atoms with Gasteiger partial charge in [-0.05, 0) is 25.8 Å². The first-order chi connectivity index (χ1) is 8.18. The molecule has 1 unspecified atom stereocenters. The molecule has 0 bridgehead atoms. The van der Waals surface area contributed by atoms with E-state index in [1.54, 1.807) is 6.92 Å². The molecular weight excluding hydrogens is 214 g/mol. The first-order valence-corrected chi connectivity index (χ1v) is 6.26.